The number of halogens is 1. The number of anilines is 1. The number of nitrogens with zero attached hydrogens (tertiary/aromatic N) is 6. The third-order valence-electron chi connectivity index (χ3n) is 3.40. The maximum absolute atomic E-state index is 12.1. The highest BCUT2D eigenvalue weighted by Crippen LogP contribution is 2.19. The van der Waals surface area contributed by atoms with Gasteiger partial charge in [-0.25, -0.2) is 4.68 Å². The minimum absolute atomic E-state index is 0.294. The molecule has 0 unspecified atom stereocenters. The van der Waals surface area contributed by atoms with E-state index in [1.165, 1.54) is 0 Å². The zero-order valence-corrected chi connectivity index (χ0v) is 14.6. The molecule has 0 aliphatic rings. The van der Waals surface area contributed by atoms with E-state index in [9.17, 15) is 4.79 Å². The highest BCUT2D eigenvalue weighted by molar-refractivity contribution is 9.10. The first-order valence-electron chi connectivity index (χ1n) is 6.98. The van der Waals surface area contributed by atoms with Gasteiger partial charge >= 0.3 is 0 Å². The van der Waals surface area contributed by atoms with Crippen LogP contribution in [0.3, 0.4) is 0 Å². The number of carbonyl (C=O) groups excluding carboxylic acids is 1. The Morgan fingerprint density at radius 3 is 2.61 bits per heavy atom. The fraction of sp³-hybridized carbons (Fsp3) is 0.286. The molecule has 3 heterocycles. The molecule has 120 valence electrons. The first kappa shape index (κ1) is 15.5. The summed E-state index contributed by atoms with van der Waals surface area (Å²) in [4.78, 5) is 12.1. The van der Waals surface area contributed by atoms with Gasteiger partial charge in [-0.3, -0.25) is 14.2 Å². The molecule has 0 saturated carbocycles. The summed E-state index contributed by atoms with van der Waals surface area (Å²) in [5, 5.41) is 15.5. The average molecular weight is 378 g/mol. The molecule has 1 amide bonds. The molecule has 3 aromatic heterocycles. The number of hydrogen-bond acceptors (Lipinski definition) is 4. The van der Waals surface area contributed by atoms with Crippen LogP contribution >= 0.6 is 15.9 Å². The molecule has 8 nitrogen and oxygen atoms in total. The van der Waals surface area contributed by atoms with Gasteiger partial charge in [0.2, 0.25) is 0 Å². The summed E-state index contributed by atoms with van der Waals surface area (Å²) in [6.45, 7) is 4.35. The molecule has 0 fully saturated rings. The number of hydrogen-bond donors (Lipinski definition) is 1. The fourth-order valence-electron chi connectivity index (χ4n) is 2.17. The lowest BCUT2D eigenvalue weighted by molar-refractivity contribution is 0.102. The van der Waals surface area contributed by atoms with Gasteiger partial charge in [0.25, 0.3) is 5.91 Å². The van der Waals surface area contributed by atoms with E-state index in [1.54, 1.807) is 40.9 Å². The lowest BCUT2D eigenvalue weighted by Crippen LogP contribution is -2.16. The topological polar surface area (TPSA) is 82.6 Å². The molecule has 3 aromatic rings. The Morgan fingerprint density at radius 2 is 2.00 bits per heavy atom. The van der Waals surface area contributed by atoms with E-state index in [0.717, 1.165) is 15.9 Å². The van der Waals surface area contributed by atoms with E-state index in [4.69, 9.17) is 0 Å². The van der Waals surface area contributed by atoms with Gasteiger partial charge in [-0.1, -0.05) is 0 Å². The van der Waals surface area contributed by atoms with Crippen molar-refractivity contribution in [3.63, 3.8) is 0 Å². The van der Waals surface area contributed by atoms with Crippen LogP contribution in [0.25, 0.3) is 0 Å². The van der Waals surface area contributed by atoms with Crippen molar-refractivity contribution in [3.05, 3.63) is 46.1 Å². The summed E-state index contributed by atoms with van der Waals surface area (Å²) in [6, 6.07) is 3.39. The van der Waals surface area contributed by atoms with Gasteiger partial charge in [-0.05, 0) is 35.8 Å². The van der Waals surface area contributed by atoms with Crippen molar-refractivity contribution in [1.29, 1.82) is 0 Å². The van der Waals surface area contributed by atoms with Crippen LogP contribution in [0, 0.1) is 13.8 Å². The van der Waals surface area contributed by atoms with Crippen LogP contribution in [0.4, 0.5) is 5.82 Å². The van der Waals surface area contributed by atoms with Crippen molar-refractivity contribution < 1.29 is 4.79 Å². The Bertz CT molecular complexity index is 860. The van der Waals surface area contributed by atoms with Crippen molar-refractivity contribution >= 4 is 27.7 Å². The summed E-state index contributed by atoms with van der Waals surface area (Å²) < 4.78 is 6.10. The van der Waals surface area contributed by atoms with Crippen molar-refractivity contribution in [3.8, 4) is 0 Å². The Labute approximate surface area is 141 Å². The molecule has 23 heavy (non-hydrogen) atoms. The van der Waals surface area contributed by atoms with Gasteiger partial charge in [-0.2, -0.15) is 15.3 Å². The highest BCUT2D eigenvalue weighted by atomic mass is 79.9. The predicted octanol–water partition coefficient (Wildman–Crippen LogP) is 1.95. The summed E-state index contributed by atoms with van der Waals surface area (Å²) in [5.41, 5.74) is 2.26. The quantitative estimate of drug-likeness (QED) is 0.752. The third-order valence-corrected chi connectivity index (χ3v) is 4.55. The lowest BCUT2D eigenvalue weighted by Gasteiger charge is -2.04. The number of rotatable bonds is 4. The number of carbonyl (C=O) groups is 1. The second-order valence-electron chi connectivity index (χ2n) is 5.19. The van der Waals surface area contributed by atoms with E-state index in [0.29, 0.717) is 18.2 Å². The molecule has 0 saturated heterocycles. The molecule has 0 radical (unpaired) electrons. The lowest BCUT2D eigenvalue weighted by atomic mass is 10.4. The fourth-order valence-corrected chi connectivity index (χ4v) is 2.46. The van der Waals surface area contributed by atoms with Gasteiger partial charge in [0.1, 0.15) is 6.67 Å². The molecule has 0 spiro atoms. The maximum atomic E-state index is 12.1. The van der Waals surface area contributed by atoms with Crippen LogP contribution in [-0.2, 0) is 13.7 Å². The number of amides is 1. The van der Waals surface area contributed by atoms with E-state index < -0.39 is 0 Å². The number of aromatic nitrogens is 6. The summed E-state index contributed by atoms with van der Waals surface area (Å²) in [6.07, 6.45) is 3.51. The second kappa shape index (κ2) is 5.99. The molecular weight excluding hydrogens is 362 g/mol. The Morgan fingerprint density at radius 1 is 1.22 bits per heavy atom. The first-order valence-corrected chi connectivity index (χ1v) is 7.77. The van der Waals surface area contributed by atoms with Gasteiger partial charge in [-0.15, -0.1) is 0 Å². The molecule has 0 atom stereocenters. The zero-order valence-electron chi connectivity index (χ0n) is 13.0. The van der Waals surface area contributed by atoms with Gasteiger partial charge < -0.3 is 5.32 Å². The van der Waals surface area contributed by atoms with Crippen LogP contribution in [-0.4, -0.2) is 35.2 Å². The first-order chi connectivity index (χ1) is 10.9. The molecule has 1 N–H and O–H groups in total. The van der Waals surface area contributed by atoms with Gasteiger partial charge in [0, 0.05) is 25.5 Å². The smallest absolute Gasteiger partial charge is 0.277 e. The SMILES string of the molecule is Cc1nn(Cn2ccc(C(=O)Nc3ccn(C)n3)n2)c(C)c1Br. The Balaban J connectivity index is 1.72. The highest BCUT2D eigenvalue weighted by Gasteiger charge is 2.13. The molecular formula is C14H16BrN7O. The molecule has 0 aliphatic heterocycles. The number of nitrogens with one attached hydrogen (secondary N) is 1. The van der Waals surface area contributed by atoms with Crippen molar-refractivity contribution in [1.82, 2.24) is 29.3 Å². The standard InChI is InChI=1S/C14H16BrN7O/c1-9-13(15)10(2)22(17-9)8-21-7-4-11(18-21)14(23)16-12-5-6-20(3)19-12/h4-7H,8H2,1-3H3,(H,16,19,23). The predicted molar refractivity (Wildman–Crippen MR) is 88.2 cm³/mol. The summed E-state index contributed by atoms with van der Waals surface area (Å²) >= 11 is 3.49. The van der Waals surface area contributed by atoms with Crippen molar-refractivity contribution in [2.24, 2.45) is 7.05 Å². The summed E-state index contributed by atoms with van der Waals surface area (Å²) in [7, 11) is 1.79. The van der Waals surface area contributed by atoms with Gasteiger partial charge in [0.05, 0.1) is 15.9 Å². The minimum atomic E-state index is -0.294. The largest absolute Gasteiger partial charge is 0.304 e. The summed E-state index contributed by atoms with van der Waals surface area (Å²) in [5.74, 6) is 0.200. The van der Waals surface area contributed by atoms with Crippen LogP contribution in [0.5, 0.6) is 0 Å². The minimum Gasteiger partial charge on any atom is -0.304 e. The molecule has 0 aromatic carbocycles. The molecule has 3 rings (SSSR count). The van der Waals surface area contributed by atoms with E-state index in [-0.39, 0.29) is 5.91 Å². The van der Waals surface area contributed by atoms with Crippen LogP contribution in [0.15, 0.2) is 29.0 Å². The van der Waals surface area contributed by atoms with Crippen LogP contribution in [0.2, 0.25) is 0 Å². The molecule has 0 aliphatic carbocycles. The van der Waals surface area contributed by atoms with Gasteiger partial charge in [0.15, 0.2) is 11.5 Å². The zero-order chi connectivity index (χ0) is 16.6. The third kappa shape index (κ3) is 3.19. The number of aryl methyl sites for hydroxylation is 2. The van der Waals surface area contributed by atoms with E-state index >= 15 is 0 Å². The van der Waals surface area contributed by atoms with Crippen LogP contribution < -0.4 is 5.32 Å². The van der Waals surface area contributed by atoms with Crippen LogP contribution in [0.1, 0.15) is 21.9 Å². The molecule has 0 bridgehead atoms. The second-order valence-corrected chi connectivity index (χ2v) is 5.99. The van der Waals surface area contributed by atoms with E-state index in [2.05, 4.69) is 36.5 Å². The monoisotopic (exact) mass is 377 g/mol. The van der Waals surface area contributed by atoms with Crippen molar-refractivity contribution in [2.75, 3.05) is 5.32 Å². The molecule has 9 heteroatoms. The van der Waals surface area contributed by atoms with E-state index in [1.807, 2.05) is 18.5 Å². The Hall–Kier alpha value is -2.42. The maximum Gasteiger partial charge on any atom is 0.277 e. The van der Waals surface area contributed by atoms with Crippen molar-refractivity contribution in [2.45, 2.75) is 20.5 Å². The average Bonchev–Trinajstić information content (AvgIpc) is 3.18. The normalized spacial score (nSPS) is 11.0. The Kier molecular flexibility index (Phi) is 4.03.